The molecule has 2 aromatic rings. The molecule has 0 bridgehead atoms. The molecule has 4 nitrogen and oxygen atoms in total. The summed E-state index contributed by atoms with van der Waals surface area (Å²) < 4.78 is 5.07. The lowest BCUT2D eigenvalue weighted by atomic mass is 10.0. The summed E-state index contributed by atoms with van der Waals surface area (Å²) in [7, 11) is 1.59. The minimum atomic E-state index is -0.243. The molecule has 0 aliphatic heterocycles. The predicted molar refractivity (Wildman–Crippen MR) is 88.6 cm³/mol. The Balaban J connectivity index is 2.12. The van der Waals surface area contributed by atoms with E-state index in [0.717, 1.165) is 22.4 Å². The fourth-order valence-electron chi connectivity index (χ4n) is 2.13. The van der Waals surface area contributed by atoms with Gasteiger partial charge in [0.25, 0.3) is 5.91 Å². The fourth-order valence-corrected chi connectivity index (χ4v) is 2.13. The molecule has 0 spiro atoms. The number of hydrazone groups is 1. The van der Waals surface area contributed by atoms with Gasteiger partial charge in [0, 0.05) is 11.1 Å². The number of carbonyl (C=O) groups is 1. The van der Waals surface area contributed by atoms with Crippen LogP contribution in [0.1, 0.15) is 34.0 Å². The van der Waals surface area contributed by atoms with Crippen molar-refractivity contribution in [3.8, 4) is 5.75 Å². The van der Waals surface area contributed by atoms with Crippen molar-refractivity contribution in [2.24, 2.45) is 5.10 Å². The second-order valence-corrected chi connectivity index (χ2v) is 5.19. The average Bonchev–Trinajstić information content (AvgIpc) is 2.54. The topological polar surface area (TPSA) is 50.7 Å². The molecule has 0 heterocycles. The first-order chi connectivity index (χ1) is 10.5. The van der Waals surface area contributed by atoms with E-state index in [1.54, 1.807) is 31.4 Å². The van der Waals surface area contributed by atoms with Gasteiger partial charge in [-0.05, 0) is 56.7 Å². The van der Waals surface area contributed by atoms with E-state index in [1.807, 2.05) is 20.8 Å². The highest BCUT2D eigenvalue weighted by molar-refractivity contribution is 6.01. The highest BCUT2D eigenvalue weighted by Crippen LogP contribution is 2.13. The summed E-state index contributed by atoms with van der Waals surface area (Å²) in [5.74, 6) is 0.471. The van der Waals surface area contributed by atoms with Crippen LogP contribution < -0.4 is 10.2 Å². The third-order valence-corrected chi connectivity index (χ3v) is 3.46. The van der Waals surface area contributed by atoms with Crippen molar-refractivity contribution in [3.63, 3.8) is 0 Å². The maximum Gasteiger partial charge on any atom is 0.271 e. The van der Waals surface area contributed by atoms with E-state index >= 15 is 0 Å². The maximum atomic E-state index is 12.1. The molecule has 0 radical (unpaired) electrons. The summed E-state index contributed by atoms with van der Waals surface area (Å²) in [5.41, 5.74) is 7.24. The Bertz CT molecular complexity index is 704. The molecule has 1 amide bonds. The number of rotatable bonds is 4. The third-order valence-electron chi connectivity index (χ3n) is 3.46. The van der Waals surface area contributed by atoms with Crippen LogP contribution in [0.15, 0.2) is 47.6 Å². The van der Waals surface area contributed by atoms with Gasteiger partial charge < -0.3 is 4.74 Å². The van der Waals surface area contributed by atoms with E-state index in [4.69, 9.17) is 4.74 Å². The fraction of sp³-hybridized carbons (Fsp3) is 0.222. The molecule has 0 atom stereocenters. The molecule has 0 fully saturated rings. The third kappa shape index (κ3) is 3.73. The van der Waals surface area contributed by atoms with Crippen molar-refractivity contribution in [1.29, 1.82) is 0 Å². The molecule has 1 N–H and O–H groups in total. The minimum Gasteiger partial charge on any atom is -0.497 e. The molecule has 0 saturated heterocycles. The summed E-state index contributed by atoms with van der Waals surface area (Å²) >= 11 is 0. The zero-order valence-corrected chi connectivity index (χ0v) is 13.3. The van der Waals surface area contributed by atoms with Crippen LogP contribution in [0.25, 0.3) is 0 Å². The summed E-state index contributed by atoms with van der Waals surface area (Å²) in [6.07, 6.45) is 0. The largest absolute Gasteiger partial charge is 0.497 e. The van der Waals surface area contributed by atoms with Crippen LogP contribution in [0.5, 0.6) is 5.75 Å². The minimum absolute atomic E-state index is 0.243. The lowest BCUT2D eigenvalue weighted by Crippen LogP contribution is -2.19. The Morgan fingerprint density at radius 3 is 2.41 bits per heavy atom. The number of amides is 1. The molecule has 0 aromatic heterocycles. The SMILES string of the molecule is COc1ccc(C(=O)N/N=C(\C)c2cc(C)ccc2C)cc1. The number of carbonyl (C=O) groups excluding carboxylic acids is 1. The number of benzene rings is 2. The highest BCUT2D eigenvalue weighted by atomic mass is 16.5. The van der Waals surface area contributed by atoms with Gasteiger partial charge in [-0.1, -0.05) is 17.7 Å². The second-order valence-electron chi connectivity index (χ2n) is 5.19. The number of aryl methyl sites for hydroxylation is 2. The summed E-state index contributed by atoms with van der Waals surface area (Å²) in [5, 5.41) is 4.20. The Kier molecular flexibility index (Phi) is 4.94. The van der Waals surface area contributed by atoms with Crippen LogP contribution in [0.3, 0.4) is 0 Å². The predicted octanol–water partition coefficient (Wildman–Crippen LogP) is 3.47. The number of methoxy groups -OCH3 is 1. The monoisotopic (exact) mass is 296 g/mol. The van der Waals surface area contributed by atoms with Crippen LogP contribution in [0, 0.1) is 13.8 Å². The smallest absolute Gasteiger partial charge is 0.271 e. The van der Waals surface area contributed by atoms with Crippen molar-refractivity contribution >= 4 is 11.6 Å². The Morgan fingerprint density at radius 1 is 1.09 bits per heavy atom. The van der Waals surface area contributed by atoms with Crippen LogP contribution in [0.2, 0.25) is 0 Å². The van der Waals surface area contributed by atoms with Crippen molar-refractivity contribution in [2.45, 2.75) is 20.8 Å². The first-order valence-corrected chi connectivity index (χ1v) is 7.07. The average molecular weight is 296 g/mol. The van der Waals surface area contributed by atoms with Gasteiger partial charge in [0.05, 0.1) is 12.8 Å². The number of nitrogens with one attached hydrogen (secondary N) is 1. The molecule has 4 heteroatoms. The molecule has 2 rings (SSSR count). The molecule has 22 heavy (non-hydrogen) atoms. The molecular weight excluding hydrogens is 276 g/mol. The number of ether oxygens (including phenoxy) is 1. The molecular formula is C18H20N2O2. The molecule has 0 saturated carbocycles. The van der Waals surface area contributed by atoms with E-state index in [1.165, 1.54) is 0 Å². The summed E-state index contributed by atoms with van der Waals surface area (Å²) in [6.45, 7) is 5.95. The Morgan fingerprint density at radius 2 is 1.77 bits per heavy atom. The molecule has 0 unspecified atom stereocenters. The summed E-state index contributed by atoms with van der Waals surface area (Å²) in [6, 6.07) is 13.1. The molecule has 0 aliphatic carbocycles. The van der Waals surface area contributed by atoms with Gasteiger partial charge in [-0.2, -0.15) is 5.10 Å². The van der Waals surface area contributed by atoms with Crippen molar-refractivity contribution in [3.05, 3.63) is 64.7 Å². The van der Waals surface area contributed by atoms with Crippen LogP contribution in [0.4, 0.5) is 0 Å². The second kappa shape index (κ2) is 6.89. The quantitative estimate of drug-likeness (QED) is 0.694. The number of hydrogen-bond donors (Lipinski definition) is 1. The highest BCUT2D eigenvalue weighted by Gasteiger charge is 2.06. The summed E-state index contributed by atoms with van der Waals surface area (Å²) in [4.78, 5) is 12.1. The van der Waals surface area contributed by atoms with Crippen molar-refractivity contribution in [1.82, 2.24) is 5.43 Å². The Hall–Kier alpha value is -2.62. The normalized spacial score (nSPS) is 11.2. The van der Waals surface area contributed by atoms with E-state index < -0.39 is 0 Å². The number of nitrogens with zero attached hydrogens (tertiary/aromatic N) is 1. The van der Waals surface area contributed by atoms with Crippen LogP contribution in [-0.4, -0.2) is 18.7 Å². The number of hydrogen-bond acceptors (Lipinski definition) is 3. The molecule has 0 aliphatic rings. The first-order valence-electron chi connectivity index (χ1n) is 7.07. The zero-order valence-electron chi connectivity index (χ0n) is 13.3. The van der Waals surface area contributed by atoms with Gasteiger partial charge in [-0.3, -0.25) is 4.79 Å². The lowest BCUT2D eigenvalue weighted by Gasteiger charge is -2.07. The van der Waals surface area contributed by atoms with Gasteiger partial charge in [0.2, 0.25) is 0 Å². The van der Waals surface area contributed by atoms with Crippen LogP contribution in [-0.2, 0) is 0 Å². The van der Waals surface area contributed by atoms with Crippen molar-refractivity contribution < 1.29 is 9.53 Å². The van der Waals surface area contributed by atoms with Crippen LogP contribution >= 0.6 is 0 Å². The molecule has 2 aromatic carbocycles. The van der Waals surface area contributed by atoms with Gasteiger partial charge >= 0.3 is 0 Å². The lowest BCUT2D eigenvalue weighted by molar-refractivity contribution is 0.0955. The zero-order chi connectivity index (χ0) is 16.1. The van der Waals surface area contributed by atoms with E-state index in [2.05, 4.69) is 28.7 Å². The standard InChI is InChI=1S/C18H20N2O2/c1-12-5-6-13(2)17(11-12)14(3)19-20-18(21)15-7-9-16(22-4)10-8-15/h5-11H,1-4H3,(H,20,21)/b19-14+. The van der Waals surface area contributed by atoms with Gasteiger partial charge in [-0.15, -0.1) is 0 Å². The van der Waals surface area contributed by atoms with Crippen molar-refractivity contribution in [2.75, 3.05) is 7.11 Å². The first kappa shape index (κ1) is 15.8. The van der Waals surface area contributed by atoms with Gasteiger partial charge in [0.1, 0.15) is 5.75 Å². The van der Waals surface area contributed by atoms with Gasteiger partial charge in [0.15, 0.2) is 0 Å². The molecule has 114 valence electrons. The van der Waals surface area contributed by atoms with Gasteiger partial charge in [-0.25, -0.2) is 5.43 Å². The van der Waals surface area contributed by atoms with E-state index in [-0.39, 0.29) is 5.91 Å². The van der Waals surface area contributed by atoms with E-state index in [0.29, 0.717) is 11.3 Å². The van der Waals surface area contributed by atoms with E-state index in [9.17, 15) is 4.79 Å². The Labute approximate surface area is 130 Å². The maximum absolute atomic E-state index is 12.1.